The van der Waals surface area contributed by atoms with E-state index in [9.17, 15) is 4.79 Å². The summed E-state index contributed by atoms with van der Waals surface area (Å²) in [4.78, 5) is 12.0. The van der Waals surface area contributed by atoms with Crippen LogP contribution < -0.4 is 5.32 Å². The van der Waals surface area contributed by atoms with Gasteiger partial charge in [-0.2, -0.15) is 0 Å². The summed E-state index contributed by atoms with van der Waals surface area (Å²) in [6, 6.07) is 4.75. The number of rotatable bonds is 3. The molecular weight excluding hydrogens is 280 g/mol. The van der Waals surface area contributed by atoms with Crippen LogP contribution in [0.1, 0.15) is 31.1 Å². The van der Waals surface area contributed by atoms with Crippen molar-refractivity contribution in [3.8, 4) is 0 Å². The summed E-state index contributed by atoms with van der Waals surface area (Å²) in [6.07, 6.45) is 0. The van der Waals surface area contributed by atoms with Gasteiger partial charge in [0.2, 0.25) is 0 Å². The topological polar surface area (TPSA) is 29.1 Å². The molecule has 17 heavy (non-hydrogen) atoms. The summed E-state index contributed by atoms with van der Waals surface area (Å²) in [5.74, 6) is -0.221. The van der Waals surface area contributed by atoms with Crippen molar-refractivity contribution in [1.82, 2.24) is 5.32 Å². The van der Waals surface area contributed by atoms with Gasteiger partial charge in [0, 0.05) is 5.56 Å². The molecule has 0 aliphatic carbocycles. The molecule has 1 N–H and O–H groups in total. The first kappa shape index (κ1) is 14.6. The van der Waals surface area contributed by atoms with Crippen molar-refractivity contribution >= 4 is 40.7 Å². The monoisotopic (exact) mass is 293 g/mol. The molecule has 0 heterocycles. The van der Waals surface area contributed by atoms with Crippen LogP contribution in [0.4, 0.5) is 0 Å². The van der Waals surface area contributed by atoms with E-state index in [4.69, 9.17) is 34.8 Å². The van der Waals surface area contributed by atoms with Crippen molar-refractivity contribution in [2.75, 3.05) is 0 Å². The number of hydrogen-bond donors (Lipinski definition) is 1. The molecule has 2 nitrogen and oxygen atoms in total. The van der Waals surface area contributed by atoms with E-state index in [0.717, 1.165) is 0 Å². The van der Waals surface area contributed by atoms with Gasteiger partial charge in [-0.15, -0.1) is 11.6 Å². The molecule has 0 aromatic heterocycles. The summed E-state index contributed by atoms with van der Waals surface area (Å²) in [7, 11) is 0. The van der Waals surface area contributed by atoms with Crippen molar-refractivity contribution in [2.45, 2.75) is 31.7 Å². The van der Waals surface area contributed by atoms with Crippen molar-refractivity contribution in [3.05, 3.63) is 33.8 Å². The zero-order valence-corrected chi connectivity index (χ0v) is 12.1. The fraction of sp³-hybridized carbons (Fsp3) is 0.417. The summed E-state index contributed by atoms with van der Waals surface area (Å²) in [5, 5.41) is 3.44. The minimum absolute atomic E-state index is 0.186. The highest BCUT2D eigenvalue weighted by atomic mass is 35.5. The van der Waals surface area contributed by atoms with Gasteiger partial charge < -0.3 is 5.32 Å². The van der Waals surface area contributed by atoms with Crippen LogP contribution in [-0.2, 0) is 0 Å². The highest BCUT2D eigenvalue weighted by molar-refractivity contribution is 6.42. The zero-order chi connectivity index (χ0) is 13.2. The van der Waals surface area contributed by atoms with E-state index in [-0.39, 0.29) is 11.3 Å². The summed E-state index contributed by atoms with van der Waals surface area (Å²) in [5.41, 5.74) is -0.0325. The Morgan fingerprint density at radius 1 is 1.29 bits per heavy atom. The molecule has 0 saturated heterocycles. The van der Waals surface area contributed by atoms with E-state index in [1.807, 2.05) is 20.8 Å². The minimum Gasteiger partial charge on any atom is -0.346 e. The number of alkyl halides is 1. The average Bonchev–Trinajstić information content (AvgIpc) is 2.21. The highest BCUT2D eigenvalue weighted by Gasteiger charge is 2.26. The lowest BCUT2D eigenvalue weighted by Gasteiger charge is -2.29. The van der Waals surface area contributed by atoms with Crippen LogP contribution in [0.25, 0.3) is 0 Å². The maximum absolute atomic E-state index is 12.0. The van der Waals surface area contributed by atoms with E-state index in [0.29, 0.717) is 15.6 Å². The number of benzene rings is 1. The summed E-state index contributed by atoms with van der Waals surface area (Å²) < 4.78 is 0. The van der Waals surface area contributed by atoms with Gasteiger partial charge >= 0.3 is 0 Å². The smallest absolute Gasteiger partial charge is 0.251 e. The Kier molecular flexibility index (Phi) is 4.70. The largest absolute Gasteiger partial charge is 0.346 e. The zero-order valence-electron chi connectivity index (χ0n) is 9.85. The Balaban J connectivity index is 2.87. The first-order valence-corrected chi connectivity index (χ1v) is 6.35. The van der Waals surface area contributed by atoms with Crippen molar-refractivity contribution in [1.29, 1.82) is 0 Å². The van der Waals surface area contributed by atoms with Gasteiger partial charge in [-0.25, -0.2) is 0 Å². The Morgan fingerprint density at radius 2 is 1.88 bits per heavy atom. The number of amides is 1. The third-order valence-corrected chi connectivity index (χ3v) is 3.90. The van der Waals surface area contributed by atoms with Gasteiger partial charge in [-0.1, -0.05) is 23.2 Å². The molecule has 1 atom stereocenters. The predicted octanol–water partition coefficient (Wildman–Crippen LogP) is 4.13. The van der Waals surface area contributed by atoms with Gasteiger partial charge in [0.1, 0.15) is 0 Å². The van der Waals surface area contributed by atoms with Crippen molar-refractivity contribution in [3.63, 3.8) is 0 Å². The molecular formula is C12H14Cl3NO. The molecule has 1 rings (SSSR count). The lowest BCUT2D eigenvalue weighted by atomic mass is 10.0. The van der Waals surface area contributed by atoms with Crippen LogP contribution in [0.2, 0.25) is 10.0 Å². The van der Waals surface area contributed by atoms with Crippen LogP contribution >= 0.6 is 34.8 Å². The van der Waals surface area contributed by atoms with Gasteiger partial charge in [0.25, 0.3) is 5.91 Å². The van der Waals surface area contributed by atoms with Gasteiger partial charge in [0.05, 0.1) is 21.0 Å². The molecule has 0 radical (unpaired) electrons. The molecule has 5 heteroatoms. The van der Waals surface area contributed by atoms with Crippen LogP contribution in [-0.4, -0.2) is 16.8 Å². The number of carbonyl (C=O) groups is 1. The van der Waals surface area contributed by atoms with E-state index in [2.05, 4.69) is 5.32 Å². The first-order chi connectivity index (χ1) is 7.74. The third kappa shape index (κ3) is 3.77. The molecule has 0 saturated carbocycles. The minimum atomic E-state index is -0.495. The van der Waals surface area contributed by atoms with Gasteiger partial charge in [0.15, 0.2) is 0 Å². The first-order valence-electron chi connectivity index (χ1n) is 5.15. The van der Waals surface area contributed by atoms with Crippen LogP contribution in [0.15, 0.2) is 18.2 Å². The maximum atomic E-state index is 12.0. The second-order valence-electron chi connectivity index (χ2n) is 4.42. The standard InChI is InChI=1S/C12H14Cl3NO/c1-7(13)12(2,3)16-11(17)8-4-5-9(14)10(15)6-8/h4-7H,1-3H3,(H,16,17). The lowest BCUT2D eigenvalue weighted by molar-refractivity contribution is 0.0912. The Morgan fingerprint density at radius 3 is 2.35 bits per heavy atom. The maximum Gasteiger partial charge on any atom is 0.251 e. The molecule has 1 aromatic rings. The summed E-state index contributed by atoms with van der Waals surface area (Å²) >= 11 is 17.6. The number of nitrogens with one attached hydrogen (secondary N) is 1. The molecule has 1 amide bonds. The molecule has 1 unspecified atom stereocenters. The molecule has 0 aliphatic rings. The van der Waals surface area contributed by atoms with E-state index >= 15 is 0 Å². The quantitative estimate of drug-likeness (QED) is 0.835. The predicted molar refractivity (Wildman–Crippen MR) is 73.3 cm³/mol. The van der Waals surface area contributed by atoms with Crippen molar-refractivity contribution in [2.24, 2.45) is 0 Å². The van der Waals surface area contributed by atoms with Gasteiger partial charge in [-0.05, 0) is 39.0 Å². The number of carbonyl (C=O) groups excluding carboxylic acids is 1. The second kappa shape index (κ2) is 5.47. The Bertz CT molecular complexity index is 430. The van der Waals surface area contributed by atoms with E-state index in [1.165, 1.54) is 6.07 Å². The fourth-order valence-electron chi connectivity index (χ4n) is 1.10. The lowest BCUT2D eigenvalue weighted by Crippen LogP contribution is -2.49. The normalized spacial score (nSPS) is 13.3. The number of halogens is 3. The van der Waals surface area contributed by atoms with E-state index < -0.39 is 5.54 Å². The van der Waals surface area contributed by atoms with Crippen LogP contribution in [0, 0.1) is 0 Å². The second-order valence-corrected chi connectivity index (χ2v) is 5.89. The molecule has 0 aliphatic heterocycles. The molecule has 0 bridgehead atoms. The average molecular weight is 295 g/mol. The third-order valence-electron chi connectivity index (χ3n) is 2.61. The molecule has 0 fully saturated rings. The Labute approximate surface area is 116 Å². The van der Waals surface area contributed by atoms with Crippen LogP contribution in [0.5, 0.6) is 0 Å². The summed E-state index contributed by atoms with van der Waals surface area (Å²) in [6.45, 7) is 5.55. The highest BCUT2D eigenvalue weighted by Crippen LogP contribution is 2.23. The van der Waals surface area contributed by atoms with Crippen molar-refractivity contribution < 1.29 is 4.79 Å². The molecule has 1 aromatic carbocycles. The van der Waals surface area contributed by atoms with Gasteiger partial charge in [-0.3, -0.25) is 4.79 Å². The molecule has 0 spiro atoms. The van der Waals surface area contributed by atoms with Crippen LogP contribution in [0.3, 0.4) is 0 Å². The number of hydrogen-bond acceptors (Lipinski definition) is 1. The Hall–Kier alpha value is -0.440. The fourth-order valence-corrected chi connectivity index (χ4v) is 1.45. The SMILES string of the molecule is CC(Cl)C(C)(C)NC(=O)c1ccc(Cl)c(Cl)c1. The van der Waals surface area contributed by atoms with E-state index in [1.54, 1.807) is 12.1 Å². The molecule has 94 valence electrons.